The number of hydrogen-bond donors (Lipinski definition) is 0. The molecule has 3 nitrogen and oxygen atoms in total. The van der Waals surface area contributed by atoms with Gasteiger partial charge in [0.2, 0.25) is 5.13 Å². The summed E-state index contributed by atoms with van der Waals surface area (Å²) in [6.45, 7) is 3.23. The smallest absolute Gasteiger partial charge is 0.205 e. The van der Waals surface area contributed by atoms with E-state index in [1.54, 1.807) is 11.5 Å². The van der Waals surface area contributed by atoms with Crippen LogP contribution in [0.3, 0.4) is 0 Å². The number of aromatic nitrogens is 2. The molecule has 1 aromatic rings. The van der Waals surface area contributed by atoms with Gasteiger partial charge in [0.05, 0.1) is 0 Å². The van der Waals surface area contributed by atoms with Crippen LogP contribution >= 0.6 is 27.5 Å². The van der Waals surface area contributed by atoms with Gasteiger partial charge in [-0.05, 0) is 19.3 Å². The Morgan fingerprint density at radius 2 is 2.11 bits per heavy atom. The predicted octanol–water partition coefficient (Wildman–Crippen LogP) is 4.02. The lowest BCUT2D eigenvalue weighted by Gasteiger charge is -2.33. The van der Waals surface area contributed by atoms with Gasteiger partial charge in [0.15, 0.2) is 0 Å². The van der Waals surface area contributed by atoms with Crippen LogP contribution in [0, 0.1) is 0 Å². The highest BCUT2D eigenvalue weighted by Crippen LogP contribution is 2.28. The molecule has 1 saturated carbocycles. The summed E-state index contributed by atoms with van der Waals surface area (Å²) in [6, 6.07) is 0.679. The summed E-state index contributed by atoms with van der Waals surface area (Å²) in [5.41, 5.74) is 0. The van der Waals surface area contributed by atoms with E-state index >= 15 is 0 Å². The number of aryl methyl sites for hydroxylation is 1. The van der Waals surface area contributed by atoms with Crippen LogP contribution < -0.4 is 4.90 Å². The minimum Gasteiger partial charge on any atom is -0.343 e. The van der Waals surface area contributed by atoms with Crippen LogP contribution in [0.25, 0.3) is 0 Å². The third-order valence-corrected chi connectivity index (χ3v) is 4.66. The van der Waals surface area contributed by atoms with E-state index in [1.165, 1.54) is 32.1 Å². The molecule has 0 saturated heterocycles. The average Bonchev–Trinajstić information content (AvgIpc) is 2.86. The summed E-state index contributed by atoms with van der Waals surface area (Å²) < 4.78 is 4.48. The van der Waals surface area contributed by atoms with Gasteiger partial charge in [-0.15, -0.1) is 0 Å². The summed E-state index contributed by atoms with van der Waals surface area (Å²) in [5.74, 6) is 1.02. The molecule has 1 aromatic heterocycles. The Labute approximate surface area is 122 Å². The first kappa shape index (κ1) is 14.3. The van der Waals surface area contributed by atoms with Crippen LogP contribution in [0.2, 0.25) is 0 Å². The van der Waals surface area contributed by atoms with E-state index in [1.807, 2.05) is 0 Å². The topological polar surface area (TPSA) is 29.0 Å². The maximum absolute atomic E-state index is 4.71. The summed E-state index contributed by atoms with van der Waals surface area (Å²) in [7, 11) is 0. The van der Waals surface area contributed by atoms with Gasteiger partial charge in [-0.3, -0.25) is 0 Å². The Kier molecular flexibility index (Phi) is 5.89. The number of anilines is 1. The van der Waals surface area contributed by atoms with Gasteiger partial charge >= 0.3 is 0 Å². The molecule has 0 amide bonds. The van der Waals surface area contributed by atoms with E-state index < -0.39 is 0 Å². The molecule has 0 aromatic carbocycles. The number of alkyl halides is 1. The van der Waals surface area contributed by atoms with Crippen molar-refractivity contribution in [2.45, 2.75) is 57.9 Å². The summed E-state index contributed by atoms with van der Waals surface area (Å²) >= 11 is 5.14. The van der Waals surface area contributed by atoms with Gasteiger partial charge in [0, 0.05) is 35.9 Å². The number of hydrogen-bond acceptors (Lipinski definition) is 4. The molecule has 1 aliphatic carbocycles. The molecule has 0 unspecified atom stereocenters. The molecule has 0 aliphatic heterocycles. The minimum atomic E-state index is 0.679. The van der Waals surface area contributed by atoms with Gasteiger partial charge in [0.1, 0.15) is 5.82 Å². The molecule has 0 N–H and O–H groups in total. The fourth-order valence-electron chi connectivity index (χ4n) is 2.60. The molecular weight excluding hydrogens is 310 g/mol. The van der Waals surface area contributed by atoms with Gasteiger partial charge < -0.3 is 4.90 Å². The van der Waals surface area contributed by atoms with E-state index in [2.05, 4.69) is 32.1 Å². The van der Waals surface area contributed by atoms with E-state index in [4.69, 9.17) is 4.98 Å². The lowest BCUT2D eigenvalue weighted by molar-refractivity contribution is 0.418. The monoisotopic (exact) mass is 331 g/mol. The molecule has 0 bridgehead atoms. The van der Waals surface area contributed by atoms with Crippen molar-refractivity contribution in [3.63, 3.8) is 0 Å². The van der Waals surface area contributed by atoms with E-state index in [0.717, 1.165) is 35.7 Å². The second kappa shape index (κ2) is 7.43. The van der Waals surface area contributed by atoms with Crippen LogP contribution in [-0.2, 0) is 6.42 Å². The van der Waals surface area contributed by atoms with Crippen molar-refractivity contribution in [2.75, 3.05) is 16.8 Å². The maximum Gasteiger partial charge on any atom is 0.205 e. The Balaban J connectivity index is 2.06. The van der Waals surface area contributed by atoms with Crippen molar-refractivity contribution in [3.05, 3.63) is 5.82 Å². The van der Waals surface area contributed by atoms with Crippen molar-refractivity contribution in [2.24, 2.45) is 0 Å². The van der Waals surface area contributed by atoms with Crippen molar-refractivity contribution >= 4 is 32.6 Å². The maximum atomic E-state index is 4.71. The molecule has 5 heteroatoms. The second-order valence-electron chi connectivity index (χ2n) is 4.92. The van der Waals surface area contributed by atoms with Gasteiger partial charge in [0.25, 0.3) is 0 Å². The summed E-state index contributed by atoms with van der Waals surface area (Å²) in [4.78, 5) is 7.18. The quantitative estimate of drug-likeness (QED) is 0.737. The SMILES string of the molecule is CCCc1nsc(N(CCBr)C2CCCCC2)n1. The lowest BCUT2D eigenvalue weighted by atomic mass is 9.94. The zero-order valence-corrected chi connectivity index (χ0v) is 13.5. The molecule has 102 valence electrons. The van der Waals surface area contributed by atoms with Crippen LogP contribution in [0.1, 0.15) is 51.3 Å². The highest BCUT2D eigenvalue weighted by molar-refractivity contribution is 9.09. The van der Waals surface area contributed by atoms with Crippen LogP contribution in [0.5, 0.6) is 0 Å². The molecular formula is C13H22BrN3S. The Morgan fingerprint density at radius 3 is 2.78 bits per heavy atom. The Bertz CT molecular complexity index is 350. The number of rotatable bonds is 6. The molecule has 1 fully saturated rings. The molecule has 2 rings (SSSR count). The van der Waals surface area contributed by atoms with Crippen LogP contribution in [0.4, 0.5) is 5.13 Å². The van der Waals surface area contributed by atoms with E-state index in [9.17, 15) is 0 Å². The fraction of sp³-hybridized carbons (Fsp3) is 0.846. The Morgan fingerprint density at radius 1 is 1.33 bits per heavy atom. The zero-order chi connectivity index (χ0) is 12.8. The van der Waals surface area contributed by atoms with Gasteiger partial charge in [-0.2, -0.15) is 4.37 Å². The van der Waals surface area contributed by atoms with Crippen LogP contribution in [-0.4, -0.2) is 27.3 Å². The van der Waals surface area contributed by atoms with Gasteiger partial charge in [-0.1, -0.05) is 42.1 Å². The minimum absolute atomic E-state index is 0.679. The third kappa shape index (κ3) is 3.67. The third-order valence-electron chi connectivity index (χ3n) is 3.52. The normalized spacial score (nSPS) is 17.0. The molecule has 1 heterocycles. The van der Waals surface area contributed by atoms with Crippen molar-refractivity contribution in [1.82, 2.24) is 9.36 Å². The largest absolute Gasteiger partial charge is 0.343 e. The van der Waals surface area contributed by atoms with Crippen molar-refractivity contribution < 1.29 is 0 Å². The van der Waals surface area contributed by atoms with Gasteiger partial charge in [-0.25, -0.2) is 4.98 Å². The predicted molar refractivity (Wildman–Crippen MR) is 81.9 cm³/mol. The summed E-state index contributed by atoms with van der Waals surface area (Å²) in [5, 5.41) is 2.14. The first-order chi connectivity index (χ1) is 8.85. The average molecular weight is 332 g/mol. The number of halogens is 1. The Hall–Kier alpha value is -0.160. The zero-order valence-electron chi connectivity index (χ0n) is 11.1. The highest BCUT2D eigenvalue weighted by Gasteiger charge is 2.23. The first-order valence-corrected chi connectivity index (χ1v) is 8.89. The highest BCUT2D eigenvalue weighted by atomic mass is 79.9. The molecule has 0 spiro atoms. The number of nitrogens with zero attached hydrogens (tertiary/aromatic N) is 3. The van der Waals surface area contributed by atoms with E-state index in [-0.39, 0.29) is 0 Å². The molecule has 0 radical (unpaired) electrons. The second-order valence-corrected chi connectivity index (χ2v) is 6.44. The molecule has 1 aliphatic rings. The molecule has 18 heavy (non-hydrogen) atoms. The lowest BCUT2D eigenvalue weighted by Crippen LogP contribution is -2.38. The van der Waals surface area contributed by atoms with Crippen molar-refractivity contribution in [3.8, 4) is 0 Å². The van der Waals surface area contributed by atoms with Crippen molar-refractivity contribution in [1.29, 1.82) is 0 Å². The summed E-state index contributed by atoms with van der Waals surface area (Å²) in [6.07, 6.45) is 8.89. The van der Waals surface area contributed by atoms with Crippen LogP contribution in [0.15, 0.2) is 0 Å². The standard InChI is InChI=1S/C13H22BrN3S/c1-2-6-12-15-13(18-16-12)17(10-9-14)11-7-4-3-5-8-11/h11H,2-10H2,1H3. The van der Waals surface area contributed by atoms with E-state index in [0.29, 0.717) is 6.04 Å². The molecule has 0 atom stereocenters. The fourth-order valence-corrected chi connectivity index (χ4v) is 3.80. The first-order valence-electron chi connectivity index (χ1n) is 7.00.